The highest BCUT2D eigenvalue weighted by atomic mass is 79.9. The molecule has 1 aromatic rings. The fourth-order valence-electron chi connectivity index (χ4n) is 3.08. The SMILES string of the molecule is C[Si](C)(C)/C(C(=O)CCc1ccccc1)=C(/Br)COC1CCCCO1. The lowest BCUT2D eigenvalue weighted by molar-refractivity contribution is -0.155. The van der Waals surface area contributed by atoms with Gasteiger partial charge in [-0.15, -0.1) is 0 Å². The number of halogens is 1. The third kappa shape index (κ3) is 6.81. The third-order valence-electron chi connectivity index (χ3n) is 4.32. The molecule has 0 saturated carbocycles. The fourth-order valence-corrected chi connectivity index (χ4v) is 7.07. The van der Waals surface area contributed by atoms with Gasteiger partial charge in [-0.05, 0) is 36.4 Å². The number of aryl methyl sites for hydroxylation is 1. The third-order valence-corrected chi connectivity index (χ3v) is 7.39. The Hall–Kier alpha value is -0.753. The van der Waals surface area contributed by atoms with Crippen LogP contribution in [0.4, 0.5) is 0 Å². The molecule has 0 radical (unpaired) electrons. The molecule has 0 aromatic heterocycles. The predicted octanol–water partition coefficient (Wildman–Crippen LogP) is 5.26. The first kappa shape index (κ1) is 20.6. The Morgan fingerprint density at radius 2 is 1.96 bits per heavy atom. The lowest BCUT2D eigenvalue weighted by Gasteiger charge is -2.25. The molecule has 0 amide bonds. The number of hydrogen-bond acceptors (Lipinski definition) is 3. The van der Waals surface area contributed by atoms with Crippen LogP contribution in [0.3, 0.4) is 0 Å². The molecule has 1 aliphatic heterocycles. The van der Waals surface area contributed by atoms with E-state index >= 15 is 0 Å². The number of benzene rings is 1. The predicted molar refractivity (Wildman–Crippen MR) is 109 cm³/mol. The minimum absolute atomic E-state index is 0.136. The molecule has 25 heavy (non-hydrogen) atoms. The molecule has 138 valence electrons. The molecule has 1 saturated heterocycles. The molecule has 1 atom stereocenters. The van der Waals surface area contributed by atoms with Crippen LogP contribution in [0.1, 0.15) is 31.2 Å². The summed E-state index contributed by atoms with van der Waals surface area (Å²) in [4.78, 5) is 12.9. The zero-order chi connectivity index (χ0) is 18.3. The van der Waals surface area contributed by atoms with Crippen LogP contribution in [0.2, 0.25) is 19.6 Å². The van der Waals surface area contributed by atoms with Crippen molar-refractivity contribution in [2.24, 2.45) is 0 Å². The zero-order valence-corrected chi connectivity index (χ0v) is 18.1. The van der Waals surface area contributed by atoms with Crippen LogP contribution < -0.4 is 0 Å². The maximum atomic E-state index is 12.9. The van der Waals surface area contributed by atoms with Gasteiger partial charge in [-0.3, -0.25) is 4.79 Å². The van der Waals surface area contributed by atoms with Crippen LogP contribution in [0.25, 0.3) is 0 Å². The highest BCUT2D eigenvalue weighted by Gasteiger charge is 2.28. The van der Waals surface area contributed by atoms with Crippen molar-refractivity contribution in [1.82, 2.24) is 0 Å². The van der Waals surface area contributed by atoms with Gasteiger partial charge in [-0.25, -0.2) is 0 Å². The first-order valence-electron chi connectivity index (χ1n) is 9.07. The van der Waals surface area contributed by atoms with Crippen LogP contribution in [-0.2, 0) is 20.7 Å². The maximum Gasteiger partial charge on any atom is 0.158 e. The van der Waals surface area contributed by atoms with Crippen molar-refractivity contribution in [1.29, 1.82) is 0 Å². The van der Waals surface area contributed by atoms with E-state index in [4.69, 9.17) is 9.47 Å². The highest BCUT2D eigenvalue weighted by Crippen LogP contribution is 2.26. The van der Waals surface area contributed by atoms with Crippen molar-refractivity contribution in [3.63, 3.8) is 0 Å². The van der Waals surface area contributed by atoms with E-state index in [1.807, 2.05) is 18.2 Å². The van der Waals surface area contributed by atoms with Gasteiger partial charge in [-0.2, -0.15) is 0 Å². The molecule has 2 rings (SSSR count). The van der Waals surface area contributed by atoms with E-state index in [0.717, 1.165) is 42.0 Å². The van der Waals surface area contributed by atoms with E-state index < -0.39 is 8.07 Å². The smallest absolute Gasteiger partial charge is 0.158 e. The van der Waals surface area contributed by atoms with Crippen LogP contribution in [0.15, 0.2) is 40.0 Å². The summed E-state index contributed by atoms with van der Waals surface area (Å²) < 4.78 is 12.4. The minimum Gasteiger partial charge on any atom is -0.353 e. The molecule has 0 bridgehead atoms. The number of carbonyl (C=O) groups excluding carboxylic acids is 1. The Morgan fingerprint density at radius 1 is 1.24 bits per heavy atom. The topological polar surface area (TPSA) is 35.5 Å². The summed E-state index contributed by atoms with van der Waals surface area (Å²) in [7, 11) is -1.78. The molecule has 0 spiro atoms. The molecular weight excluding hydrogens is 396 g/mol. The second kappa shape index (κ2) is 9.81. The van der Waals surface area contributed by atoms with Crippen LogP contribution in [0, 0.1) is 0 Å². The summed E-state index contributed by atoms with van der Waals surface area (Å²) in [5.41, 5.74) is 1.20. The molecule has 1 unspecified atom stereocenters. The molecular formula is C20H29BrO3Si. The van der Waals surface area contributed by atoms with E-state index in [1.165, 1.54) is 5.56 Å². The number of hydrogen-bond donors (Lipinski definition) is 0. The second-order valence-corrected chi connectivity index (χ2v) is 13.5. The summed E-state index contributed by atoms with van der Waals surface area (Å²) in [6.07, 6.45) is 4.37. The normalized spacial score (nSPS) is 19.4. The first-order valence-corrected chi connectivity index (χ1v) is 13.4. The fraction of sp³-hybridized carbons (Fsp3) is 0.550. The summed E-state index contributed by atoms with van der Waals surface area (Å²) in [5, 5.41) is 0.958. The van der Waals surface area contributed by atoms with E-state index in [0.29, 0.717) is 13.0 Å². The number of ether oxygens (including phenoxy) is 2. The minimum atomic E-state index is -1.78. The Labute approximate surface area is 160 Å². The van der Waals surface area contributed by atoms with Gasteiger partial charge in [0.25, 0.3) is 0 Å². The second-order valence-electron chi connectivity index (χ2n) is 7.55. The Kier molecular flexibility index (Phi) is 8.07. The first-order chi connectivity index (χ1) is 11.9. The van der Waals surface area contributed by atoms with Gasteiger partial charge >= 0.3 is 0 Å². The van der Waals surface area contributed by atoms with E-state index in [-0.39, 0.29) is 12.1 Å². The zero-order valence-electron chi connectivity index (χ0n) is 15.5. The van der Waals surface area contributed by atoms with Crippen molar-refractivity contribution < 1.29 is 14.3 Å². The standard InChI is InChI=1S/C20H29BrO3Si/c1-25(2,3)20(17(21)15-24-19-11-7-8-14-23-19)18(22)13-12-16-9-5-4-6-10-16/h4-6,9-10,19H,7-8,11-15H2,1-3H3/b20-17+. The molecule has 1 aromatic carbocycles. The highest BCUT2D eigenvalue weighted by molar-refractivity contribution is 9.11. The maximum absolute atomic E-state index is 12.9. The van der Waals surface area contributed by atoms with Gasteiger partial charge < -0.3 is 9.47 Å². The van der Waals surface area contributed by atoms with Gasteiger partial charge in [0, 0.05) is 17.5 Å². The van der Waals surface area contributed by atoms with E-state index in [1.54, 1.807) is 0 Å². The Bertz CT molecular complexity index is 587. The summed E-state index contributed by atoms with van der Waals surface area (Å²) in [6.45, 7) is 7.81. The lowest BCUT2D eigenvalue weighted by Crippen LogP contribution is -2.32. The molecule has 1 heterocycles. The van der Waals surface area contributed by atoms with Gasteiger partial charge in [0.05, 0.1) is 14.7 Å². The van der Waals surface area contributed by atoms with Crippen molar-refractivity contribution in [2.45, 2.75) is 58.0 Å². The summed E-state index contributed by atoms with van der Waals surface area (Å²) in [6, 6.07) is 10.2. The molecule has 3 nitrogen and oxygen atoms in total. The van der Waals surface area contributed by atoms with Gasteiger partial charge in [0.1, 0.15) is 0 Å². The van der Waals surface area contributed by atoms with Gasteiger partial charge in [0.15, 0.2) is 12.1 Å². The van der Waals surface area contributed by atoms with E-state index in [2.05, 4.69) is 47.7 Å². The van der Waals surface area contributed by atoms with E-state index in [9.17, 15) is 4.79 Å². The number of rotatable bonds is 8. The van der Waals surface area contributed by atoms with Crippen molar-refractivity contribution in [3.8, 4) is 0 Å². The van der Waals surface area contributed by atoms with Crippen molar-refractivity contribution in [3.05, 3.63) is 45.6 Å². The van der Waals surface area contributed by atoms with Crippen LogP contribution in [-0.4, -0.2) is 33.4 Å². The monoisotopic (exact) mass is 424 g/mol. The lowest BCUT2D eigenvalue weighted by atomic mass is 10.1. The number of allylic oxidation sites excluding steroid dienone is 1. The van der Waals surface area contributed by atoms with Crippen molar-refractivity contribution in [2.75, 3.05) is 13.2 Å². The van der Waals surface area contributed by atoms with Crippen molar-refractivity contribution >= 4 is 29.8 Å². The molecule has 0 aliphatic carbocycles. The number of carbonyl (C=O) groups is 1. The van der Waals surface area contributed by atoms with Gasteiger partial charge in [0.2, 0.25) is 0 Å². The Balaban J connectivity index is 2.01. The summed E-state index contributed by atoms with van der Waals surface area (Å²) >= 11 is 3.65. The summed E-state index contributed by atoms with van der Waals surface area (Å²) in [5.74, 6) is 0.239. The molecule has 1 aliphatic rings. The number of Topliss-reactive ketones (excluding diaryl/α,β-unsaturated/α-hetero) is 1. The largest absolute Gasteiger partial charge is 0.353 e. The average molecular weight is 425 g/mol. The van der Waals surface area contributed by atoms with Gasteiger partial charge in [-0.1, -0.05) is 65.9 Å². The molecule has 0 N–H and O–H groups in total. The molecule has 1 fully saturated rings. The number of ketones is 1. The Morgan fingerprint density at radius 3 is 2.56 bits per heavy atom. The quantitative estimate of drug-likeness (QED) is 0.421. The average Bonchev–Trinajstić information content (AvgIpc) is 2.59. The van der Waals surface area contributed by atoms with Crippen LogP contribution in [0.5, 0.6) is 0 Å². The van der Waals surface area contributed by atoms with Crippen LogP contribution >= 0.6 is 15.9 Å². The molecule has 5 heteroatoms.